The van der Waals surface area contributed by atoms with E-state index >= 15 is 0 Å². The number of nitrogens with zero attached hydrogens (tertiary/aromatic N) is 2. The Bertz CT molecular complexity index is 738. The number of aryl methyl sites for hydroxylation is 1. The van der Waals surface area contributed by atoms with Gasteiger partial charge in [0.15, 0.2) is 0 Å². The average Bonchev–Trinajstić information content (AvgIpc) is 2.49. The van der Waals surface area contributed by atoms with Gasteiger partial charge in [0.2, 0.25) is 0 Å². The fourth-order valence-corrected chi connectivity index (χ4v) is 1.98. The number of nitriles is 1. The number of hydrogen-bond acceptors (Lipinski definition) is 4. The molecule has 0 amide bonds. The molecule has 0 aromatic heterocycles. The van der Waals surface area contributed by atoms with Gasteiger partial charge in [-0.2, -0.15) is 5.26 Å². The van der Waals surface area contributed by atoms with Crippen LogP contribution in [0.5, 0.6) is 11.5 Å². The molecule has 21 heavy (non-hydrogen) atoms. The maximum Gasteiger partial charge on any atom is 0.269 e. The lowest BCUT2D eigenvalue weighted by atomic mass is 10.1. The highest BCUT2D eigenvalue weighted by Gasteiger charge is 2.11. The quantitative estimate of drug-likeness (QED) is 0.479. The molecule has 0 radical (unpaired) electrons. The van der Waals surface area contributed by atoms with E-state index in [1.807, 2.05) is 6.07 Å². The van der Waals surface area contributed by atoms with Crippen LogP contribution in [0, 0.1) is 28.4 Å². The Morgan fingerprint density at radius 2 is 2.00 bits per heavy atom. The molecule has 0 fully saturated rings. The first kappa shape index (κ1) is 14.8. The van der Waals surface area contributed by atoms with Gasteiger partial charge in [0.1, 0.15) is 17.6 Å². The number of nitro groups is 1. The molecule has 0 spiro atoms. The molecule has 0 saturated heterocycles. The Labute approximate surface area is 126 Å². The third-order valence-electron chi connectivity index (χ3n) is 2.91. The molecule has 0 saturated carbocycles. The van der Waals surface area contributed by atoms with Gasteiger partial charge in [0, 0.05) is 18.0 Å². The van der Waals surface area contributed by atoms with Gasteiger partial charge in [-0.25, -0.2) is 0 Å². The first-order chi connectivity index (χ1) is 10.0. The third-order valence-corrected chi connectivity index (χ3v) is 3.22. The summed E-state index contributed by atoms with van der Waals surface area (Å²) >= 11 is 5.73. The van der Waals surface area contributed by atoms with E-state index in [1.54, 1.807) is 25.1 Å². The van der Waals surface area contributed by atoms with E-state index in [-0.39, 0.29) is 5.69 Å². The Morgan fingerprint density at radius 1 is 1.29 bits per heavy atom. The van der Waals surface area contributed by atoms with E-state index in [0.717, 1.165) is 5.56 Å². The molecule has 0 atom stereocenters. The van der Waals surface area contributed by atoms with Gasteiger partial charge in [-0.15, -0.1) is 11.6 Å². The number of ether oxygens (including phenoxy) is 1. The first-order valence-corrected chi connectivity index (χ1v) is 6.60. The Hall–Kier alpha value is -2.58. The number of benzene rings is 2. The Morgan fingerprint density at radius 3 is 2.57 bits per heavy atom. The van der Waals surface area contributed by atoms with Crippen LogP contribution in [0.2, 0.25) is 0 Å². The monoisotopic (exact) mass is 302 g/mol. The molecule has 0 aliphatic heterocycles. The molecule has 0 unspecified atom stereocenters. The van der Waals surface area contributed by atoms with Crippen LogP contribution in [0.15, 0.2) is 36.4 Å². The molecule has 0 aliphatic rings. The molecule has 0 N–H and O–H groups in total. The zero-order valence-electron chi connectivity index (χ0n) is 11.2. The van der Waals surface area contributed by atoms with Crippen LogP contribution < -0.4 is 4.74 Å². The summed E-state index contributed by atoms with van der Waals surface area (Å²) in [7, 11) is 0. The highest BCUT2D eigenvalue weighted by atomic mass is 35.5. The largest absolute Gasteiger partial charge is 0.456 e. The molecular weight excluding hydrogens is 292 g/mol. The molecule has 5 nitrogen and oxygen atoms in total. The second-order valence-corrected chi connectivity index (χ2v) is 4.65. The van der Waals surface area contributed by atoms with E-state index in [4.69, 9.17) is 21.6 Å². The number of rotatable bonds is 4. The van der Waals surface area contributed by atoms with Crippen LogP contribution in [-0.2, 0) is 5.88 Å². The highest BCUT2D eigenvalue weighted by molar-refractivity contribution is 6.17. The van der Waals surface area contributed by atoms with Crippen molar-refractivity contribution in [2.75, 3.05) is 0 Å². The lowest BCUT2D eigenvalue weighted by Crippen LogP contribution is -1.94. The second kappa shape index (κ2) is 6.25. The highest BCUT2D eigenvalue weighted by Crippen LogP contribution is 2.30. The summed E-state index contributed by atoms with van der Waals surface area (Å²) < 4.78 is 5.68. The minimum atomic E-state index is -0.466. The summed E-state index contributed by atoms with van der Waals surface area (Å²) in [6, 6.07) is 11.4. The fraction of sp³-hybridized carbons (Fsp3) is 0.133. The van der Waals surface area contributed by atoms with Gasteiger partial charge >= 0.3 is 0 Å². The minimum Gasteiger partial charge on any atom is -0.456 e. The molecule has 0 aliphatic carbocycles. The van der Waals surface area contributed by atoms with E-state index in [1.165, 1.54) is 18.2 Å². The topological polar surface area (TPSA) is 76.2 Å². The van der Waals surface area contributed by atoms with Crippen molar-refractivity contribution in [3.8, 4) is 17.6 Å². The molecule has 2 aromatic rings. The lowest BCUT2D eigenvalue weighted by molar-refractivity contribution is -0.384. The zero-order chi connectivity index (χ0) is 15.4. The van der Waals surface area contributed by atoms with Crippen LogP contribution in [0.1, 0.15) is 16.7 Å². The van der Waals surface area contributed by atoms with Crippen molar-refractivity contribution in [1.82, 2.24) is 0 Å². The van der Waals surface area contributed by atoms with Gasteiger partial charge in [-0.3, -0.25) is 10.1 Å². The number of halogens is 1. The van der Waals surface area contributed by atoms with Gasteiger partial charge in [0.05, 0.1) is 10.5 Å². The molecule has 0 heterocycles. The van der Waals surface area contributed by atoms with Crippen LogP contribution >= 0.6 is 11.6 Å². The third kappa shape index (κ3) is 3.30. The average molecular weight is 303 g/mol. The number of non-ortho nitro benzene ring substituents is 1. The van der Waals surface area contributed by atoms with Gasteiger partial charge in [-0.1, -0.05) is 6.07 Å². The summed E-state index contributed by atoms with van der Waals surface area (Å²) in [4.78, 5) is 10.2. The van der Waals surface area contributed by atoms with Crippen molar-refractivity contribution in [2.45, 2.75) is 12.8 Å². The number of alkyl halides is 1. The van der Waals surface area contributed by atoms with Crippen molar-refractivity contribution < 1.29 is 9.66 Å². The predicted octanol–water partition coefficient (Wildman–Crippen LogP) is 4.31. The number of nitro benzene ring substituents is 1. The van der Waals surface area contributed by atoms with E-state index < -0.39 is 4.92 Å². The zero-order valence-corrected chi connectivity index (χ0v) is 11.9. The van der Waals surface area contributed by atoms with Crippen LogP contribution in [-0.4, -0.2) is 4.92 Å². The van der Waals surface area contributed by atoms with Crippen molar-refractivity contribution in [3.05, 3.63) is 63.2 Å². The smallest absolute Gasteiger partial charge is 0.269 e. The molecule has 2 rings (SSSR count). The molecule has 2 aromatic carbocycles. The summed E-state index contributed by atoms with van der Waals surface area (Å²) in [6.45, 7) is 1.71. The Kier molecular flexibility index (Phi) is 4.41. The molecular formula is C15H11ClN2O3. The SMILES string of the molecule is Cc1cc([N+](=O)[O-])ccc1Oc1ccc(CCl)cc1C#N. The van der Waals surface area contributed by atoms with Crippen molar-refractivity contribution in [1.29, 1.82) is 5.26 Å². The minimum absolute atomic E-state index is 0.00200. The molecule has 106 valence electrons. The summed E-state index contributed by atoms with van der Waals surface area (Å²) in [5, 5.41) is 19.8. The van der Waals surface area contributed by atoms with E-state index in [2.05, 4.69) is 0 Å². The summed E-state index contributed by atoms with van der Waals surface area (Å²) in [5.74, 6) is 1.17. The van der Waals surface area contributed by atoms with E-state index in [0.29, 0.717) is 28.5 Å². The molecule has 0 bridgehead atoms. The van der Waals surface area contributed by atoms with Gasteiger partial charge in [0.25, 0.3) is 5.69 Å². The van der Waals surface area contributed by atoms with Crippen LogP contribution in [0.3, 0.4) is 0 Å². The van der Waals surface area contributed by atoms with Crippen molar-refractivity contribution in [2.24, 2.45) is 0 Å². The van der Waals surface area contributed by atoms with Crippen LogP contribution in [0.25, 0.3) is 0 Å². The normalized spacial score (nSPS) is 9.95. The van der Waals surface area contributed by atoms with Crippen molar-refractivity contribution in [3.63, 3.8) is 0 Å². The first-order valence-electron chi connectivity index (χ1n) is 6.07. The van der Waals surface area contributed by atoms with Gasteiger partial charge < -0.3 is 4.74 Å². The lowest BCUT2D eigenvalue weighted by Gasteiger charge is -2.10. The molecule has 6 heteroatoms. The van der Waals surface area contributed by atoms with Crippen LogP contribution in [0.4, 0.5) is 5.69 Å². The summed E-state index contributed by atoms with van der Waals surface area (Å²) in [5.41, 5.74) is 1.80. The van der Waals surface area contributed by atoms with Crippen molar-refractivity contribution >= 4 is 17.3 Å². The maximum absolute atomic E-state index is 10.7. The summed E-state index contributed by atoms with van der Waals surface area (Å²) in [6.07, 6.45) is 0. The second-order valence-electron chi connectivity index (χ2n) is 4.38. The van der Waals surface area contributed by atoms with E-state index in [9.17, 15) is 10.1 Å². The van der Waals surface area contributed by atoms with Gasteiger partial charge in [-0.05, 0) is 36.2 Å². The number of hydrogen-bond donors (Lipinski definition) is 0. The predicted molar refractivity (Wildman–Crippen MR) is 78.6 cm³/mol. The fourth-order valence-electron chi connectivity index (χ4n) is 1.82. The maximum atomic E-state index is 10.7. The Balaban J connectivity index is 2.34. The standard InChI is InChI=1S/C15H11ClN2O3/c1-10-6-13(18(19)20)3-5-14(10)21-15-4-2-11(8-16)7-12(15)9-17/h2-7H,8H2,1H3.